The van der Waals surface area contributed by atoms with E-state index >= 15 is 0 Å². The van der Waals surface area contributed by atoms with Crippen LogP contribution in [0.2, 0.25) is 18.1 Å². The molecule has 1 N–H and O–H groups in total. The quantitative estimate of drug-likeness (QED) is 0.368. The second-order valence-corrected chi connectivity index (χ2v) is 12.0. The van der Waals surface area contributed by atoms with Crippen molar-refractivity contribution in [2.24, 2.45) is 5.11 Å². The van der Waals surface area contributed by atoms with Gasteiger partial charge in [0.25, 0.3) is 0 Å². The monoisotopic (exact) mass is 285 g/mol. The van der Waals surface area contributed by atoms with E-state index < -0.39 is 20.0 Å². The van der Waals surface area contributed by atoms with E-state index in [4.69, 9.17) is 9.96 Å². The second kappa shape index (κ2) is 5.44. The average Bonchev–Trinajstić information content (AvgIpc) is 2.23. The molecular formula is C13H27N3O2Si. The fourth-order valence-corrected chi connectivity index (χ4v) is 4.10. The average molecular weight is 285 g/mol. The summed E-state index contributed by atoms with van der Waals surface area (Å²) in [7, 11) is -1.95. The number of hydrogen-bond donors (Lipinski definition) is 1. The molecule has 1 rings (SSSR count). The highest BCUT2D eigenvalue weighted by molar-refractivity contribution is 6.74. The molecule has 0 spiro atoms. The maximum absolute atomic E-state index is 10.5. The first kappa shape index (κ1) is 16.5. The fraction of sp³-hybridized carbons (Fsp3) is 1.00. The highest BCUT2D eigenvalue weighted by Crippen LogP contribution is 2.43. The van der Waals surface area contributed by atoms with Crippen LogP contribution in [-0.4, -0.2) is 31.2 Å². The summed E-state index contributed by atoms with van der Waals surface area (Å²) in [5.74, 6) is 0. The maximum atomic E-state index is 10.5. The van der Waals surface area contributed by atoms with Crippen LogP contribution in [0.3, 0.4) is 0 Å². The van der Waals surface area contributed by atoms with Crippen molar-refractivity contribution in [2.45, 2.75) is 82.8 Å². The molecule has 0 aromatic rings. The van der Waals surface area contributed by atoms with Crippen LogP contribution in [0.5, 0.6) is 0 Å². The van der Waals surface area contributed by atoms with E-state index in [1.54, 1.807) is 0 Å². The van der Waals surface area contributed by atoms with Crippen molar-refractivity contribution in [2.75, 3.05) is 0 Å². The van der Waals surface area contributed by atoms with E-state index in [-0.39, 0.29) is 11.1 Å². The molecule has 0 unspecified atom stereocenters. The van der Waals surface area contributed by atoms with Gasteiger partial charge < -0.3 is 9.53 Å². The van der Waals surface area contributed by atoms with Gasteiger partial charge in [-0.2, -0.15) is 0 Å². The molecule has 1 fully saturated rings. The van der Waals surface area contributed by atoms with Gasteiger partial charge >= 0.3 is 0 Å². The number of rotatable bonds is 3. The van der Waals surface area contributed by atoms with Gasteiger partial charge in [0.1, 0.15) is 0 Å². The lowest BCUT2D eigenvalue weighted by Crippen LogP contribution is -2.58. The van der Waals surface area contributed by atoms with Gasteiger partial charge in [0.05, 0.1) is 17.7 Å². The molecule has 0 aromatic heterocycles. The summed E-state index contributed by atoms with van der Waals surface area (Å²) < 4.78 is 6.43. The van der Waals surface area contributed by atoms with Crippen LogP contribution in [-0.2, 0) is 4.43 Å². The van der Waals surface area contributed by atoms with E-state index in [0.29, 0.717) is 0 Å². The standard InChI is InChI=1S/C13H27N3O2Si/c1-12(2,3)19(5,6)18-13(4)9-7-8-10(11(13)17)15-16-14/h10-11,17H,7-9H2,1-6H3/t10-,11+,13+/m0/s1. The van der Waals surface area contributed by atoms with Crippen LogP contribution in [0, 0.1) is 0 Å². The first-order chi connectivity index (χ1) is 8.53. The zero-order chi connectivity index (χ0) is 14.9. The van der Waals surface area contributed by atoms with E-state index in [9.17, 15) is 5.11 Å². The summed E-state index contributed by atoms with van der Waals surface area (Å²) in [5.41, 5.74) is 7.99. The molecule has 1 aliphatic rings. The lowest BCUT2D eigenvalue weighted by Gasteiger charge is -2.49. The third-order valence-electron chi connectivity index (χ3n) is 4.66. The zero-order valence-corrected chi connectivity index (χ0v) is 14.0. The Bertz CT molecular complexity index is 375. The van der Waals surface area contributed by atoms with Gasteiger partial charge in [0, 0.05) is 4.91 Å². The first-order valence-electron chi connectivity index (χ1n) is 6.96. The molecule has 6 heteroatoms. The predicted molar refractivity (Wildman–Crippen MR) is 79.5 cm³/mol. The third kappa shape index (κ3) is 3.51. The highest BCUT2D eigenvalue weighted by Gasteiger charge is 2.48. The minimum Gasteiger partial charge on any atom is -0.409 e. The number of aliphatic hydroxyl groups is 1. The molecule has 0 saturated heterocycles. The first-order valence-corrected chi connectivity index (χ1v) is 9.87. The Hall–Kier alpha value is -0.553. The molecule has 0 amide bonds. The molecule has 110 valence electrons. The number of azide groups is 1. The summed E-state index contributed by atoms with van der Waals surface area (Å²) in [4.78, 5) is 2.84. The minimum atomic E-state index is -1.95. The Kier molecular flexibility index (Phi) is 4.73. The van der Waals surface area contributed by atoms with Gasteiger partial charge in [-0.05, 0) is 43.4 Å². The van der Waals surface area contributed by atoms with Crippen LogP contribution in [0.15, 0.2) is 5.11 Å². The fourth-order valence-electron chi connectivity index (χ4n) is 2.41. The van der Waals surface area contributed by atoms with Crippen molar-refractivity contribution in [1.82, 2.24) is 0 Å². The molecule has 1 aliphatic carbocycles. The molecule has 19 heavy (non-hydrogen) atoms. The Morgan fingerprint density at radius 3 is 2.47 bits per heavy atom. The second-order valence-electron chi connectivity index (χ2n) is 7.28. The molecule has 5 nitrogen and oxygen atoms in total. The maximum Gasteiger partial charge on any atom is 0.192 e. The van der Waals surface area contributed by atoms with Gasteiger partial charge in [-0.25, -0.2) is 0 Å². The van der Waals surface area contributed by atoms with Crippen molar-refractivity contribution < 1.29 is 9.53 Å². The van der Waals surface area contributed by atoms with E-state index in [0.717, 1.165) is 19.3 Å². The van der Waals surface area contributed by atoms with Crippen molar-refractivity contribution in [3.63, 3.8) is 0 Å². The van der Waals surface area contributed by atoms with Crippen LogP contribution >= 0.6 is 0 Å². The number of nitrogens with zero attached hydrogens (tertiary/aromatic N) is 3. The summed E-state index contributed by atoms with van der Waals surface area (Å²) >= 11 is 0. The zero-order valence-electron chi connectivity index (χ0n) is 13.0. The van der Waals surface area contributed by atoms with E-state index in [1.807, 2.05) is 6.92 Å². The Labute approximate surface area is 117 Å². The van der Waals surface area contributed by atoms with Gasteiger partial charge in [-0.3, -0.25) is 0 Å². The van der Waals surface area contributed by atoms with Crippen LogP contribution in [0.25, 0.3) is 10.4 Å². The lowest BCUT2D eigenvalue weighted by atomic mass is 9.81. The summed E-state index contributed by atoms with van der Waals surface area (Å²) in [6.45, 7) is 12.9. The smallest absolute Gasteiger partial charge is 0.192 e. The van der Waals surface area contributed by atoms with Gasteiger partial charge in [0.15, 0.2) is 8.32 Å². The lowest BCUT2D eigenvalue weighted by molar-refractivity contribution is -0.0853. The Morgan fingerprint density at radius 1 is 1.42 bits per heavy atom. The SMILES string of the molecule is CC(C)(C)[Si](C)(C)O[C@]1(C)CCC[C@H](N=[N+]=[N-])[C@H]1O. The highest BCUT2D eigenvalue weighted by atomic mass is 28.4. The van der Waals surface area contributed by atoms with Crippen molar-refractivity contribution >= 4 is 8.32 Å². The molecule has 0 aliphatic heterocycles. The van der Waals surface area contributed by atoms with Crippen molar-refractivity contribution in [1.29, 1.82) is 0 Å². The topological polar surface area (TPSA) is 78.2 Å². The van der Waals surface area contributed by atoms with Crippen LogP contribution < -0.4 is 0 Å². The Balaban J connectivity index is 2.94. The predicted octanol–water partition coefficient (Wildman–Crippen LogP) is 3.99. The van der Waals surface area contributed by atoms with Crippen molar-refractivity contribution in [3.8, 4) is 0 Å². The molecule has 0 heterocycles. The number of aliphatic hydroxyl groups excluding tert-OH is 1. The molecule has 3 atom stereocenters. The largest absolute Gasteiger partial charge is 0.409 e. The molecule has 1 saturated carbocycles. The summed E-state index contributed by atoms with van der Waals surface area (Å²) in [5, 5.41) is 14.3. The van der Waals surface area contributed by atoms with Gasteiger partial charge in [-0.1, -0.05) is 32.3 Å². The Morgan fingerprint density at radius 2 is 2.00 bits per heavy atom. The van der Waals surface area contributed by atoms with Crippen LogP contribution in [0.4, 0.5) is 0 Å². The van der Waals surface area contributed by atoms with Gasteiger partial charge in [-0.15, -0.1) is 0 Å². The third-order valence-corrected chi connectivity index (χ3v) is 9.25. The molecule has 0 radical (unpaired) electrons. The molecule has 0 bridgehead atoms. The van der Waals surface area contributed by atoms with E-state index in [1.165, 1.54) is 0 Å². The molecule has 0 aromatic carbocycles. The van der Waals surface area contributed by atoms with E-state index in [2.05, 4.69) is 43.9 Å². The molecular weight excluding hydrogens is 258 g/mol. The minimum absolute atomic E-state index is 0.0984. The van der Waals surface area contributed by atoms with Crippen molar-refractivity contribution in [3.05, 3.63) is 10.4 Å². The van der Waals surface area contributed by atoms with Gasteiger partial charge in [0.2, 0.25) is 0 Å². The van der Waals surface area contributed by atoms with Crippen LogP contribution in [0.1, 0.15) is 47.0 Å². The summed E-state index contributed by atoms with van der Waals surface area (Å²) in [6.07, 6.45) is 1.76. The summed E-state index contributed by atoms with van der Waals surface area (Å²) in [6, 6.07) is -0.367. The normalized spacial score (nSPS) is 32.8. The number of hydrogen-bond acceptors (Lipinski definition) is 3.